The number of hydrogen-bond acceptors (Lipinski definition) is 4. The molecule has 0 aliphatic heterocycles. The summed E-state index contributed by atoms with van der Waals surface area (Å²) in [4.78, 5) is 24.4. The van der Waals surface area contributed by atoms with Crippen LogP contribution in [0.15, 0.2) is 46.6 Å². The molecule has 0 heterocycles. The van der Waals surface area contributed by atoms with Crippen LogP contribution < -0.4 is 5.32 Å². The van der Waals surface area contributed by atoms with E-state index in [1.807, 2.05) is 13.0 Å². The number of carboxylic acids is 1. The summed E-state index contributed by atoms with van der Waals surface area (Å²) in [5.74, 6) is -0.987. The smallest absolute Gasteiger partial charge is 0.321 e. The van der Waals surface area contributed by atoms with E-state index < -0.39 is 17.6 Å². The maximum atomic E-state index is 12.8. The molecule has 0 aliphatic rings. The van der Waals surface area contributed by atoms with Crippen molar-refractivity contribution < 1.29 is 14.7 Å². The van der Waals surface area contributed by atoms with Gasteiger partial charge >= 0.3 is 5.97 Å². The lowest BCUT2D eigenvalue weighted by atomic mass is 9.85. The maximum absolute atomic E-state index is 12.8. The average Bonchev–Trinajstić information content (AvgIpc) is 2.62. The van der Waals surface area contributed by atoms with Crippen LogP contribution in [0.4, 0.5) is 0 Å². The van der Waals surface area contributed by atoms with Crippen molar-refractivity contribution in [3.05, 3.63) is 46.6 Å². The Balaban J connectivity index is 5.83. The van der Waals surface area contributed by atoms with Crippen molar-refractivity contribution in [1.82, 2.24) is 5.32 Å². The van der Waals surface area contributed by atoms with Gasteiger partial charge in [0.1, 0.15) is 11.6 Å². The minimum Gasteiger partial charge on any atom is -0.480 e. The summed E-state index contributed by atoms with van der Waals surface area (Å²) in [5, 5.41) is 12.6. The summed E-state index contributed by atoms with van der Waals surface area (Å²) < 4.78 is 0. The van der Waals surface area contributed by atoms with Crippen molar-refractivity contribution >= 4 is 24.4 Å². The van der Waals surface area contributed by atoms with Crippen LogP contribution in [0.1, 0.15) is 80.6 Å². The number of carbonyl (C=O) groups is 2. The Bertz CT molecular complexity index is 695. The first-order valence-electron chi connectivity index (χ1n) is 10.7. The van der Waals surface area contributed by atoms with Gasteiger partial charge in [-0.05, 0) is 80.6 Å². The predicted molar refractivity (Wildman–Crippen MR) is 131 cm³/mol. The van der Waals surface area contributed by atoms with Crippen molar-refractivity contribution in [2.24, 2.45) is 0 Å². The van der Waals surface area contributed by atoms with Crippen molar-refractivity contribution in [3.63, 3.8) is 0 Å². The second-order valence-corrected chi connectivity index (χ2v) is 9.00. The Morgan fingerprint density at radius 1 is 0.900 bits per heavy atom. The number of carboxylic acid groups (broad SMARTS) is 1. The topological polar surface area (TPSA) is 66.4 Å². The van der Waals surface area contributed by atoms with Crippen LogP contribution in [-0.2, 0) is 9.59 Å². The lowest BCUT2D eigenvalue weighted by Crippen LogP contribution is -2.57. The molecule has 0 saturated carbocycles. The van der Waals surface area contributed by atoms with Gasteiger partial charge in [-0.25, -0.2) is 0 Å². The summed E-state index contributed by atoms with van der Waals surface area (Å²) in [5.41, 5.74) is 3.74. The maximum Gasteiger partial charge on any atom is 0.321 e. The molecule has 0 amide bonds. The molecular weight excluding hydrogens is 394 g/mol. The normalized spacial score (nSPS) is 15.2. The van der Waals surface area contributed by atoms with Gasteiger partial charge in [0.15, 0.2) is 5.78 Å². The van der Waals surface area contributed by atoms with E-state index in [-0.39, 0.29) is 11.5 Å². The third kappa shape index (κ3) is 11.6. The third-order valence-electron chi connectivity index (χ3n) is 4.99. The van der Waals surface area contributed by atoms with Crippen LogP contribution in [-0.4, -0.2) is 34.2 Å². The quantitative estimate of drug-likeness (QED) is 0.229. The number of ketones is 1. The Morgan fingerprint density at radius 2 is 1.40 bits per heavy atom. The fourth-order valence-corrected chi connectivity index (χ4v) is 3.36. The number of hydrogen-bond donors (Lipinski definition) is 3. The zero-order valence-corrected chi connectivity index (χ0v) is 20.7. The largest absolute Gasteiger partial charge is 0.480 e. The molecule has 5 heteroatoms. The van der Waals surface area contributed by atoms with Crippen molar-refractivity contribution in [3.8, 4) is 0 Å². The average molecular weight is 436 g/mol. The van der Waals surface area contributed by atoms with Crippen LogP contribution in [0.2, 0.25) is 0 Å². The van der Waals surface area contributed by atoms with E-state index in [1.165, 1.54) is 23.6 Å². The summed E-state index contributed by atoms with van der Waals surface area (Å²) in [6.07, 6.45) is 12.4. The molecule has 1 unspecified atom stereocenters. The van der Waals surface area contributed by atoms with Gasteiger partial charge in [-0.2, -0.15) is 12.6 Å². The molecule has 0 spiro atoms. The molecule has 0 radical (unpaired) electrons. The van der Waals surface area contributed by atoms with E-state index in [0.717, 1.165) is 31.3 Å². The Labute approximate surface area is 189 Å². The second kappa shape index (κ2) is 14.4. The van der Waals surface area contributed by atoms with Crippen LogP contribution in [0.25, 0.3) is 0 Å². The lowest BCUT2D eigenvalue weighted by molar-refractivity contribution is -0.139. The van der Waals surface area contributed by atoms with E-state index >= 15 is 0 Å². The Morgan fingerprint density at radius 3 is 1.80 bits per heavy atom. The van der Waals surface area contributed by atoms with E-state index in [1.54, 1.807) is 0 Å². The molecule has 0 aromatic heterocycles. The fraction of sp³-hybridized carbons (Fsp3) is 0.600. The third-order valence-corrected chi connectivity index (χ3v) is 5.35. The van der Waals surface area contributed by atoms with Crippen LogP contribution in [0.5, 0.6) is 0 Å². The summed E-state index contributed by atoms with van der Waals surface area (Å²) >= 11 is 4.17. The van der Waals surface area contributed by atoms with Gasteiger partial charge in [0.2, 0.25) is 0 Å². The number of nitrogens with one attached hydrogen (secondary N) is 1. The number of rotatable bonds is 14. The van der Waals surface area contributed by atoms with Gasteiger partial charge in [0, 0.05) is 5.75 Å². The number of thiol groups is 1. The molecule has 0 bridgehead atoms. The molecule has 30 heavy (non-hydrogen) atoms. The van der Waals surface area contributed by atoms with Crippen molar-refractivity contribution in [2.75, 3.05) is 5.75 Å². The van der Waals surface area contributed by atoms with Crippen LogP contribution in [0.3, 0.4) is 0 Å². The van der Waals surface area contributed by atoms with Gasteiger partial charge in [-0.15, -0.1) is 0 Å². The SMILES string of the molecule is CC(=O)C(C=C(C)CCC=C(C)C)(CC=C(C)CCC=C(C)C)N[C@@H](CS)C(=O)O. The minimum atomic E-state index is -1.06. The van der Waals surface area contributed by atoms with Crippen molar-refractivity contribution in [2.45, 2.75) is 92.2 Å². The Hall–Kier alpha value is -1.59. The molecule has 0 fully saturated rings. The molecule has 0 aromatic carbocycles. The van der Waals surface area contributed by atoms with E-state index in [2.05, 4.69) is 70.8 Å². The number of carbonyl (C=O) groups excluding carboxylic acids is 1. The van der Waals surface area contributed by atoms with Crippen LogP contribution >= 0.6 is 12.6 Å². The highest BCUT2D eigenvalue weighted by Crippen LogP contribution is 2.23. The van der Waals surface area contributed by atoms with Crippen molar-refractivity contribution in [1.29, 1.82) is 0 Å². The first-order chi connectivity index (χ1) is 13.9. The van der Waals surface area contributed by atoms with Gasteiger partial charge < -0.3 is 5.11 Å². The molecule has 0 aliphatic carbocycles. The molecular formula is C25H41NO3S. The predicted octanol–water partition coefficient (Wildman–Crippen LogP) is 6.06. The molecule has 4 nitrogen and oxygen atoms in total. The highest BCUT2D eigenvalue weighted by atomic mass is 32.1. The zero-order chi connectivity index (χ0) is 23.3. The summed E-state index contributed by atoms with van der Waals surface area (Å²) in [6.45, 7) is 13.9. The van der Waals surface area contributed by atoms with E-state index in [0.29, 0.717) is 6.42 Å². The first kappa shape index (κ1) is 28.4. The Kier molecular flexibility index (Phi) is 13.7. The monoisotopic (exact) mass is 435 g/mol. The number of Topliss-reactive ketones (excluding diaryl/α,β-unsaturated/α-hetero) is 1. The van der Waals surface area contributed by atoms with Crippen LogP contribution in [0, 0.1) is 0 Å². The van der Waals surface area contributed by atoms with Gasteiger partial charge in [0.25, 0.3) is 0 Å². The first-order valence-corrected chi connectivity index (χ1v) is 11.3. The highest BCUT2D eigenvalue weighted by molar-refractivity contribution is 7.80. The molecule has 0 aromatic rings. The minimum absolute atomic E-state index is 0.0922. The fourth-order valence-electron chi connectivity index (χ4n) is 3.11. The van der Waals surface area contributed by atoms with E-state index in [9.17, 15) is 14.7 Å². The second-order valence-electron chi connectivity index (χ2n) is 8.63. The zero-order valence-electron chi connectivity index (χ0n) is 19.8. The highest BCUT2D eigenvalue weighted by Gasteiger charge is 2.36. The summed E-state index contributed by atoms with van der Waals surface area (Å²) in [7, 11) is 0. The molecule has 170 valence electrons. The molecule has 2 atom stereocenters. The van der Waals surface area contributed by atoms with Gasteiger partial charge in [-0.1, -0.05) is 46.6 Å². The van der Waals surface area contributed by atoms with E-state index in [4.69, 9.17) is 0 Å². The molecule has 0 saturated heterocycles. The standard InChI is InChI=1S/C25H41NO3S/c1-18(2)10-8-12-20(5)14-15-25(22(7)27,26-23(17-30)24(28)29)16-21(6)13-9-11-19(3)4/h10-11,14,16,23,26,30H,8-9,12-13,15,17H2,1-7H3,(H,28,29)/t23-,25?/m0/s1. The number of aliphatic carboxylic acids is 1. The molecule has 2 N–H and O–H groups in total. The number of allylic oxidation sites excluding steroid dienone is 6. The van der Waals surface area contributed by atoms with Gasteiger partial charge in [-0.3, -0.25) is 14.9 Å². The summed E-state index contributed by atoms with van der Waals surface area (Å²) in [6, 6.07) is -0.904. The lowest BCUT2D eigenvalue weighted by Gasteiger charge is -2.32. The van der Waals surface area contributed by atoms with Gasteiger partial charge in [0.05, 0.1) is 0 Å². The molecule has 0 rings (SSSR count).